The molecule has 100 valence electrons. The molecule has 1 amide bonds. The highest BCUT2D eigenvalue weighted by Crippen LogP contribution is 2.10. The van der Waals surface area contributed by atoms with Crippen molar-refractivity contribution in [3.05, 3.63) is 35.1 Å². The SMILES string of the molecule is CC(=O)NCCC#Cc1ccc(CC(=O)O)cc1F. The van der Waals surface area contributed by atoms with Crippen molar-refractivity contribution in [2.45, 2.75) is 19.8 Å². The zero-order chi connectivity index (χ0) is 14.3. The third-order valence-electron chi connectivity index (χ3n) is 2.24. The van der Waals surface area contributed by atoms with Crippen molar-refractivity contribution in [3.63, 3.8) is 0 Å². The van der Waals surface area contributed by atoms with Gasteiger partial charge in [-0.25, -0.2) is 4.39 Å². The zero-order valence-electron chi connectivity index (χ0n) is 10.5. The summed E-state index contributed by atoms with van der Waals surface area (Å²) in [5.41, 5.74) is 0.616. The van der Waals surface area contributed by atoms with E-state index in [0.29, 0.717) is 18.5 Å². The van der Waals surface area contributed by atoms with Gasteiger partial charge in [0, 0.05) is 19.9 Å². The molecule has 4 nitrogen and oxygen atoms in total. The molecule has 0 aliphatic rings. The van der Waals surface area contributed by atoms with Crippen LogP contribution in [-0.4, -0.2) is 23.5 Å². The number of hydrogen-bond donors (Lipinski definition) is 2. The van der Waals surface area contributed by atoms with Gasteiger partial charge < -0.3 is 10.4 Å². The van der Waals surface area contributed by atoms with E-state index in [2.05, 4.69) is 17.2 Å². The van der Waals surface area contributed by atoms with Gasteiger partial charge >= 0.3 is 5.97 Å². The minimum Gasteiger partial charge on any atom is -0.481 e. The van der Waals surface area contributed by atoms with Gasteiger partial charge in [-0.15, -0.1) is 0 Å². The first-order chi connectivity index (χ1) is 8.99. The van der Waals surface area contributed by atoms with Crippen molar-refractivity contribution < 1.29 is 19.1 Å². The third kappa shape index (κ3) is 5.68. The van der Waals surface area contributed by atoms with E-state index in [1.165, 1.54) is 25.1 Å². The Hall–Kier alpha value is -2.35. The number of carbonyl (C=O) groups excluding carboxylic acids is 1. The summed E-state index contributed by atoms with van der Waals surface area (Å²) in [5.74, 6) is 3.70. The number of nitrogens with one attached hydrogen (secondary N) is 1. The van der Waals surface area contributed by atoms with E-state index in [4.69, 9.17) is 5.11 Å². The Morgan fingerprint density at radius 2 is 2.16 bits per heavy atom. The standard InChI is InChI=1S/C14H14FNO3/c1-10(17)16-7-3-2-4-12-6-5-11(8-13(12)15)9-14(18)19/h5-6,8H,3,7,9H2,1H3,(H,16,17)(H,18,19). The molecule has 0 aromatic heterocycles. The second-order valence-electron chi connectivity index (χ2n) is 3.92. The zero-order valence-corrected chi connectivity index (χ0v) is 10.5. The van der Waals surface area contributed by atoms with Crippen LogP contribution in [0.2, 0.25) is 0 Å². The molecule has 0 heterocycles. The van der Waals surface area contributed by atoms with Crippen molar-refractivity contribution in [3.8, 4) is 11.8 Å². The Bertz CT molecular complexity index is 543. The second kappa shape index (κ2) is 7.17. The summed E-state index contributed by atoms with van der Waals surface area (Å²) in [5, 5.41) is 11.2. The molecule has 0 aliphatic heterocycles. The summed E-state index contributed by atoms with van der Waals surface area (Å²) >= 11 is 0. The van der Waals surface area contributed by atoms with E-state index < -0.39 is 11.8 Å². The first-order valence-electron chi connectivity index (χ1n) is 5.72. The van der Waals surface area contributed by atoms with E-state index in [0.717, 1.165) is 0 Å². The fourth-order valence-electron chi connectivity index (χ4n) is 1.40. The summed E-state index contributed by atoms with van der Waals surface area (Å²) in [4.78, 5) is 21.1. The molecule has 5 heteroatoms. The highest BCUT2D eigenvalue weighted by Gasteiger charge is 2.04. The van der Waals surface area contributed by atoms with E-state index in [-0.39, 0.29) is 17.9 Å². The molecule has 0 aliphatic carbocycles. The summed E-state index contributed by atoms with van der Waals surface area (Å²) in [7, 11) is 0. The maximum atomic E-state index is 13.6. The summed E-state index contributed by atoms with van der Waals surface area (Å²) in [6.07, 6.45) is 0.211. The van der Waals surface area contributed by atoms with E-state index in [9.17, 15) is 14.0 Å². The van der Waals surface area contributed by atoms with Gasteiger partial charge in [0.1, 0.15) is 5.82 Å². The van der Waals surface area contributed by atoms with Crippen LogP contribution in [0.1, 0.15) is 24.5 Å². The predicted octanol–water partition coefficient (Wildman–Crippen LogP) is 1.33. The van der Waals surface area contributed by atoms with Crippen molar-refractivity contribution in [2.24, 2.45) is 0 Å². The van der Waals surface area contributed by atoms with Gasteiger partial charge in [0.05, 0.1) is 12.0 Å². The maximum absolute atomic E-state index is 13.6. The van der Waals surface area contributed by atoms with Crippen LogP contribution >= 0.6 is 0 Å². The molecular formula is C14H14FNO3. The van der Waals surface area contributed by atoms with Crippen molar-refractivity contribution in [1.82, 2.24) is 5.32 Å². The fourth-order valence-corrected chi connectivity index (χ4v) is 1.40. The van der Waals surface area contributed by atoms with Crippen LogP contribution in [0, 0.1) is 17.7 Å². The number of rotatable bonds is 4. The second-order valence-corrected chi connectivity index (χ2v) is 3.92. The van der Waals surface area contributed by atoms with Crippen LogP contribution in [0.3, 0.4) is 0 Å². The van der Waals surface area contributed by atoms with Gasteiger partial charge in [-0.05, 0) is 17.7 Å². The molecule has 0 fully saturated rings. The van der Waals surface area contributed by atoms with Crippen molar-refractivity contribution in [2.75, 3.05) is 6.54 Å². The Morgan fingerprint density at radius 3 is 2.74 bits per heavy atom. The molecule has 0 unspecified atom stereocenters. The van der Waals surface area contributed by atoms with Crippen LogP contribution in [0.5, 0.6) is 0 Å². The number of carboxylic acid groups (broad SMARTS) is 1. The van der Waals surface area contributed by atoms with Crippen LogP contribution in [0.15, 0.2) is 18.2 Å². The molecule has 0 radical (unpaired) electrons. The number of aliphatic carboxylic acids is 1. The lowest BCUT2D eigenvalue weighted by molar-refractivity contribution is -0.136. The minimum atomic E-state index is -1.01. The number of carbonyl (C=O) groups is 2. The van der Waals surface area contributed by atoms with Gasteiger partial charge in [-0.2, -0.15) is 0 Å². The van der Waals surface area contributed by atoms with Gasteiger partial charge in [-0.3, -0.25) is 9.59 Å². The lowest BCUT2D eigenvalue weighted by Crippen LogP contribution is -2.20. The number of halogens is 1. The topological polar surface area (TPSA) is 66.4 Å². The monoisotopic (exact) mass is 263 g/mol. The average Bonchev–Trinajstić information content (AvgIpc) is 2.30. The van der Waals surface area contributed by atoms with E-state index in [1.54, 1.807) is 0 Å². The lowest BCUT2D eigenvalue weighted by Gasteiger charge is -1.99. The molecule has 0 bridgehead atoms. The Labute approximate surface area is 110 Å². The van der Waals surface area contributed by atoms with Crippen molar-refractivity contribution in [1.29, 1.82) is 0 Å². The normalized spacial score (nSPS) is 9.37. The van der Waals surface area contributed by atoms with Crippen molar-refractivity contribution >= 4 is 11.9 Å². The average molecular weight is 263 g/mol. The van der Waals surface area contributed by atoms with Gasteiger partial charge in [0.2, 0.25) is 5.91 Å². The highest BCUT2D eigenvalue weighted by molar-refractivity contribution is 5.72. The number of amides is 1. The molecule has 0 saturated carbocycles. The summed E-state index contributed by atoms with van der Waals surface area (Å²) in [6.45, 7) is 1.83. The third-order valence-corrected chi connectivity index (χ3v) is 2.24. The molecular weight excluding hydrogens is 249 g/mol. The van der Waals surface area contributed by atoms with Crippen LogP contribution in [0.4, 0.5) is 4.39 Å². The molecule has 2 N–H and O–H groups in total. The molecule has 0 spiro atoms. The summed E-state index contributed by atoms with van der Waals surface area (Å²) < 4.78 is 13.6. The van der Waals surface area contributed by atoms with E-state index >= 15 is 0 Å². The Balaban J connectivity index is 2.62. The summed E-state index contributed by atoms with van der Waals surface area (Å²) in [6, 6.07) is 4.17. The molecule has 19 heavy (non-hydrogen) atoms. The number of hydrogen-bond acceptors (Lipinski definition) is 2. The number of benzene rings is 1. The first-order valence-corrected chi connectivity index (χ1v) is 5.72. The van der Waals surface area contributed by atoms with E-state index in [1.807, 2.05) is 0 Å². The van der Waals surface area contributed by atoms with Crippen LogP contribution in [0.25, 0.3) is 0 Å². The largest absolute Gasteiger partial charge is 0.481 e. The lowest BCUT2D eigenvalue weighted by atomic mass is 10.1. The van der Waals surface area contributed by atoms with Gasteiger partial charge in [0.15, 0.2) is 0 Å². The van der Waals surface area contributed by atoms with Gasteiger partial charge in [0.25, 0.3) is 0 Å². The predicted molar refractivity (Wildman–Crippen MR) is 67.9 cm³/mol. The molecule has 1 aromatic rings. The molecule has 1 rings (SSSR count). The Kier molecular flexibility index (Phi) is 5.55. The minimum absolute atomic E-state index is 0.133. The van der Waals surface area contributed by atoms with Crippen LogP contribution in [-0.2, 0) is 16.0 Å². The van der Waals surface area contributed by atoms with Gasteiger partial charge in [-0.1, -0.05) is 17.9 Å². The molecule has 0 atom stereocenters. The quantitative estimate of drug-likeness (QED) is 0.636. The Morgan fingerprint density at radius 1 is 1.42 bits per heavy atom. The first kappa shape index (κ1) is 14.7. The molecule has 0 saturated heterocycles. The molecule has 1 aromatic carbocycles. The van der Waals surface area contributed by atoms with Crippen LogP contribution < -0.4 is 5.32 Å². The fraction of sp³-hybridized carbons (Fsp3) is 0.286. The smallest absolute Gasteiger partial charge is 0.307 e. The maximum Gasteiger partial charge on any atom is 0.307 e. The highest BCUT2D eigenvalue weighted by atomic mass is 19.1. The number of carboxylic acids is 1.